The van der Waals surface area contributed by atoms with Crippen LogP contribution in [0.1, 0.15) is 37.3 Å². The van der Waals surface area contributed by atoms with Gasteiger partial charge in [-0.2, -0.15) is 0 Å². The number of aryl methyl sites for hydroxylation is 1. The fourth-order valence-corrected chi connectivity index (χ4v) is 2.93. The number of nitrogens with one attached hydrogen (secondary N) is 1. The molecule has 170 valence electrons. The molecule has 0 fully saturated rings. The van der Waals surface area contributed by atoms with E-state index in [1.54, 1.807) is 19.1 Å². The molecule has 10 nitrogen and oxygen atoms in total. The number of rotatable bonds is 12. The van der Waals surface area contributed by atoms with Crippen molar-refractivity contribution in [3.63, 3.8) is 0 Å². The Hall–Kier alpha value is -3.40. The number of hydrogen-bond donors (Lipinski definition) is 4. The maximum Gasteiger partial charge on any atom is 0.326 e. The normalized spacial score (nSPS) is 13.1. The van der Waals surface area contributed by atoms with Crippen LogP contribution in [0.2, 0.25) is 0 Å². The molecule has 0 radical (unpaired) electrons. The van der Waals surface area contributed by atoms with E-state index >= 15 is 0 Å². The second-order valence-corrected chi connectivity index (χ2v) is 6.94. The number of carboxylic acids is 2. The molecule has 0 aliphatic heterocycles. The van der Waals surface area contributed by atoms with Gasteiger partial charge < -0.3 is 30.7 Å². The Morgan fingerprint density at radius 2 is 1.71 bits per heavy atom. The quantitative estimate of drug-likeness (QED) is 0.351. The van der Waals surface area contributed by atoms with Gasteiger partial charge in [-0.3, -0.25) is 14.4 Å². The average molecular weight is 436 g/mol. The third-order valence-corrected chi connectivity index (χ3v) is 4.50. The first kappa shape index (κ1) is 25.6. The number of nitrogens with two attached hydrogens (primary N) is 1. The molecule has 31 heavy (non-hydrogen) atoms. The lowest BCUT2D eigenvalue weighted by molar-refractivity contribution is -0.142. The topological polar surface area (TPSA) is 165 Å². The third kappa shape index (κ3) is 7.74. The van der Waals surface area contributed by atoms with Crippen molar-refractivity contribution in [1.29, 1.82) is 0 Å². The zero-order chi connectivity index (χ0) is 23.7. The standard InChI is InChI=1S/C21H28N2O8/c1-11-7-17(30-3)18(31-4)10-14(11)13(8-12(2)24)9-16(21(28)29)23-20(27)15(22)5-6-19(25)26/h7-8,10,15-16H,5-6,9,22H2,1-4H3,(H,23,27)(H,25,26)(H,28,29)/b13-8-. The Morgan fingerprint density at radius 3 is 2.19 bits per heavy atom. The number of aliphatic carboxylic acids is 2. The largest absolute Gasteiger partial charge is 0.493 e. The summed E-state index contributed by atoms with van der Waals surface area (Å²) in [6.07, 6.45) is 0.619. The molecule has 2 atom stereocenters. The summed E-state index contributed by atoms with van der Waals surface area (Å²) >= 11 is 0. The number of methoxy groups -OCH3 is 2. The molecule has 1 rings (SSSR count). The molecule has 0 saturated carbocycles. The molecule has 1 amide bonds. The Labute approximate surface area is 180 Å². The van der Waals surface area contributed by atoms with Crippen molar-refractivity contribution in [2.24, 2.45) is 5.73 Å². The van der Waals surface area contributed by atoms with Crippen LogP contribution in [0.5, 0.6) is 11.5 Å². The van der Waals surface area contributed by atoms with Crippen LogP contribution in [0, 0.1) is 6.92 Å². The highest BCUT2D eigenvalue weighted by atomic mass is 16.5. The van der Waals surface area contributed by atoms with Crippen LogP contribution in [0.4, 0.5) is 0 Å². The van der Waals surface area contributed by atoms with Gasteiger partial charge >= 0.3 is 11.9 Å². The summed E-state index contributed by atoms with van der Waals surface area (Å²) in [7, 11) is 2.93. The molecule has 0 aromatic heterocycles. The van der Waals surface area contributed by atoms with E-state index in [1.807, 2.05) is 0 Å². The highest BCUT2D eigenvalue weighted by Crippen LogP contribution is 2.34. The summed E-state index contributed by atoms with van der Waals surface area (Å²) in [6.45, 7) is 3.09. The molecule has 0 aliphatic rings. The zero-order valence-electron chi connectivity index (χ0n) is 17.9. The van der Waals surface area contributed by atoms with E-state index in [1.165, 1.54) is 27.2 Å². The van der Waals surface area contributed by atoms with Gasteiger partial charge in [0.25, 0.3) is 0 Å². The third-order valence-electron chi connectivity index (χ3n) is 4.50. The summed E-state index contributed by atoms with van der Waals surface area (Å²) in [6, 6.07) is 0.753. The molecule has 10 heteroatoms. The average Bonchev–Trinajstić information content (AvgIpc) is 2.69. The summed E-state index contributed by atoms with van der Waals surface area (Å²) in [5.41, 5.74) is 7.30. The zero-order valence-corrected chi connectivity index (χ0v) is 17.9. The number of amides is 1. The Bertz CT molecular complexity index is 878. The predicted molar refractivity (Wildman–Crippen MR) is 112 cm³/mol. The molecule has 2 unspecified atom stereocenters. The molecule has 1 aromatic carbocycles. The number of carbonyl (C=O) groups excluding carboxylic acids is 2. The Morgan fingerprint density at radius 1 is 1.13 bits per heavy atom. The van der Waals surface area contributed by atoms with Gasteiger partial charge in [0.15, 0.2) is 17.3 Å². The number of ketones is 1. The van der Waals surface area contributed by atoms with Gasteiger partial charge in [0, 0.05) is 12.8 Å². The van der Waals surface area contributed by atoms with Crippen molar-refractivity contribution < 1.29 is 38.9 Å². The lowest BCUT2D eigenvalue weighted by Gasteiger charge is -2.21. The summed E-state index contributed by atoms with van der Waals surface area (Å²) in [4.78, 5) is 46.5. The SMILES string of the molecule is COc1cc(C)c(/C(=C\C(C)=O)CC(NC(=O)C(N)CCC(=O)O)C(=O)O)cc1OC. The lowest BCUT2D eigenvalue weighted by Crippen LogP contribution is -2.48. The van der Waals surface area contributed by atoms with E-state index < -0.39 is 29.9 Å². The van der Waals surface area contributed by atoms with Crippen molar-refractivity contribution in [2.45, 2.75) is 45.2 Å². The number of ether oxygens (including phenoxy) is 2. The summed E-state index contributed by atoms with van der Waals surface area (Å²) in [5.74, 6) is -2.68. The first-order chi connectivity index (χ1) is 14.5. The van der Waals surface area contributed by atoms with E-state index in [4.69, 9.17) is 20.3 Å². The first-order valence-electron chi connectivity index (χ1n) is 9.44. The van der Waals surface area contributed by atoms with Crippen molar-refractivity contribution >= 4 is 29.2 Å². The van der Waals surface area contributed by atoms with Gasteiger partial charge in [0.2, 0.25) is 5.91 Å². The second-order valence-electron chi connectivity index (χ2n) is 6.94. The minimum absolute atomic E-state index is 0.140. The molecule has 0 spiro atoms. The molecule has 0 heterocycles. The summed E-state index contributed by atoms with van der Waals surface area (Å²) in [5, 5.41) is 20.6. The minimum Gasteiger partial charge on any atom is -0.493 e. The van der Waals surface area contributed by atoms with E-state index in [0.717, 1.165) is 0 Å². The van der Waals surface area contributed by atoms with Crippen LogP contribution < -0.4 is 20.5 Å². The van der Waals surface area contributed by atoms with Crippen LogP contribution in [0.15, 0.2) is 18.2 Å². The predicted octanol–water partition coefficient (Wildman–Crippen LogP) is 1.14. The molecular formula is C21H28N2O8. The minimum atomic E-state index is -1.39. The van der Waals surface area contributed by atoms with Crippen LogP contribution in [0.25, 0.3) is 5.57 Å². The van der Waals surface area contributed by atoms with Crippen molar-refractivity contribution in [1.82, 2.24) is 5.32 Å². The molecular weight excluding hydrogens is 408 g/mol. The molecule has 0 bridgehead atoms. The lowest BCUT2D eigenvalue weighted by atomic mass is 9.93. The fraction of sp³-hybridized carbons (Fsp3) is 0.429. The summed E-state index contributed by atoms with van der Waals surface area (Å²) < 4.78 is 10.5. The number of allylic oxidation sites excluding steroid dienone is 1. The van der Waals surface area contributed by atoms with Crippen molar-refractivity contribution in [2.75, 3.05) is 14.2 Å². The van der Waals surface area contributed by atoms with E-state index in [0.29, 0.717) is 28.2 Å². The van der Waals surface area contributed by atoms with E-state index in [-0.39, 0.29) is 25.0 Å². The van der Waals surface area contributed by atoms with Crippen molar-refractivity contribution in [3.05, 3.63) is 29.3 Å². The van der Waals surface area contributed by atoms with Crippen LogP contribution in [-0.4, -0.2) is 60.1 Å². The second kappa shape index (κ2) is 11.7. The number of carboxylic acid groups (broad SMARTS) is 2. The highest BCUT2D eigenvalue weighted by molar-refractivity contribution is 5.97. The monoisotopic (exact) mass is 436 g/mol. The molecule has 5 N–H and O–H groups in total. The van der Waals surface area contributed by atoms with Crippen LogP contribution >= 0.6 is 0 Å². The highest BCUT2D eigenvalue weighted by Gasteiger charge is 2.26. The molecule has 0 aliphatic carbocycles. The smallest absolute Gasteiger partial charge is 0.326 e. The number of carbonyl (C=O) groups is 4. The van der Waals surface area contributed by atoms with Gasteiger partial charge in [-0.15, -0.1) is 0 Å². The fourth-order valence-electron chi connectivity index (χ4n) is 2.93. The first-order valence-corrected chi connectivity index (χ1v) is 9.44. The van der Waals surface area contributed by atoms with E-state index in [9.17, 15) is 24.3 Å². The van der Waals surface area contributed by atoms with Crippen LogP contribution in [0.3, 0.4) is 0 Å². The van der Waals surface area contributed by atoms with Gasteiger partial charge in [0.05, 0.1) is 20.3 Å². The van der Waals surface area contributed by atoms with Gasteiger partial charge in [-0.1, -0.05) is 0 Å². The van der Waals surface area contributed by atoms with Crippen LogP contribution in [-0.2, 0) is 19.2 Å². The Kier molecular flexibility index (Phi) is 9.68. The molecule has 1 aromatic rings. The molecule has 0 saturated heterocycles. The van der Waals surface area contributed by atoms with Gasteiger partial charge in [-0.05, 0) is 55.2 Å². The van der Waals surface area contributed by atoms with Gasteiger partial charge in [-0.25, -0.2) is 4.79 Å². The maximum absolute atomic E-state index is 12.2. The van der Waals surface area contributed by atoms with E-state index in [2.05, 4.69) is 5.32 Å². The number of hydrogen-bond acceptors (Lipinski definition) is 7. The maximum atomic E-state index is 12.2. The van der Waals surface area contributed by atoms with Gasteiger partial charge in [0.1, 0.15) is 6.04 Å². The number of benzene rings is 1. The Balaban J connectivity index is 3.22. The van der Waals surface area contributed by atoms with Crippen molar-refractivity contribution in [3.8, 4) is 11.5 Å².